The number of pyridine rings is 1. The number of nitrogens with zero attached hydrogens (tertiary/aromatic N) is 2. The Bertz CT molecular complexity index is 1010. The van der Waals surface area contributed by atoms with Gasteiger partial charge in [0.15, 0.2) is 0 Å². The van der Waals surface area contributed by atoms with E-state index in [1.54, 1.807) is 18.0 Å². The normalized spacial score (nSPS) is 24.1. The molecular formula is C23H25N3OS2. The van der Waals surface area contributed by atoms with Crippen LogP contribution in [0.3, 0.4) is 0 Å². The van der Waals surface area contributed by atoms with Gasteiger partial charge >= 0.3 is 0 Å². The predicted octanol–water partition coefficient (Wildman–Crippen LogP) is 4.94. The number of thiophene rings is 1. The molecule has 0 spiro atoms. The Kier molecular flexibility index (Phi) is 5.33. The summed E-state index contributed by atoms with van der Waals surface area (Å²) < 4.78 is 0. The molecular weight excluding hydrogens is 398 g/mol. The Balaban J connectivity index is 1.29. The second-order valence-corrected chi connectivity index (χ2v) is 9.82. The number of hydrogen-bond donors (Lipinski definition) is 1. The zero-order valence-electron chi connectivity index (χ0n) is 16.5. The number of benzene rings is 1. The lowest BCUT2D eigenvalue weighted by Gasteiger charge is -2.39. The number of nitrogens with one attached hydrogen (secondary N) is 1. The van der Waals surface area contributed by atoms with Gasteiger partial charge in [0.1, 0.15) is 9.71 Å². The van der Waals surface area contributed by atoms with Gasteiger partial charge in [-0.25, -0.2) is 4.98 Å². The van der Waals surface area contributed by atoms with E-state index in [1.165, 1.54) is 29.7 Å². The van der Waals surface area contributed by atoms with Crippen LogP contribution in [0.5, 0.6) is 0 Å². The molecule has 29 heavy (non-hydrogen) atoms. The van der Waals surface area contributed by atoms with E-state index in [0.717, 1.165) is 39.4 Å². The molecule has 0 aliphatic carbocycles. The van der Waals surface area contributed by atoms with Crippen molar-refractivity contribution in [1.29, 1.82) is 0 Å². The van der Waals surface area contributed by atoms with Crippen LogP contribution in [-0.2, 0) is 6.54 Å². The summed E-state index contributed by atoms with van der Waals surface area (Å²) in [6.07, 6.45) is 8.41. The van der Waals surface area contributed by atoms with Crippen molar-refractivity contribution in [2.75, 3.05) is 6.26 Å². The van der Waals surface area contributed by atoms with Gasteiger partial charge in [-0.05, 0) is 49.6 Å². The highest BCUT2D eigenvalue weighted by Crippen LogP contribution is 2.38. The van der Waals surface area contributed by atoms with E-state index in [4.69, 9.17) is 0 Å². The molecule has 0 radical (unpaired) electrons. The van der Waals surface area contributed by atoms with Gasteiger partial charge in [-0.15, -0.1) is 23.1 Å². The van der Waals surface area contributed by atoms with Crippen molar-refractivity contribution >= 4 is 39.2 Å². The lowest BCUT2D eigenvalue weighted by molar-refractivity contribution is 0.0829. The molecule has 2 aliphatic heterocycles. The fourth-order valence-electron chi connectivity index (χ4n) is 4.96. The van der Waals surface area contributed by atoms with Crippen LogP contribution < -0.4 is 5.32 Å². The molecule has 150 valence electrons. The summed E-state index contributed by atoms with van der Waals surface area (Å²) in [6.45, 7) is 1.02. The first-order valence-electron chi connectivity index (χ1n) is 10.2. The zero-order valence-corrected chi connectivity index (χ0v) is 18.1. The number of carbonyl (C=O) groups excluding carboxylic acids is 1. The maximum Gasteiger partial charge on any atom is 0.262 e. The summed E-state index contributed by atoms with van der Waals surface area (Å²) in [5.41, 5.74) is 1.38. The quantitative estimate of drug-likeness (QED) is 0.590. The van der Waals surface area contributed by atoms with E-state index in [0.29, 0.717) is 12.1 Å². The van der Waals surface area contributed by atoms with Gasteiger partial charge in [-0.1, -0.05) is 30.3 Å². The number of rotatable bonds is 5. The predicted molar refractivity (Wildman–Crippen MR) is 121 cm³/mol. The Hall–Kier alpha value is -1.89. The van der Waals surface area contributed by atoms with E-state index < -0.39 is 0 Å². The Morgan fingerprint density at radius 3 is 2.66 bits per heavy atom. The second kappa shape index (κ2) is 8.09. The molecule has 3 aromatic rings. The molecule has 2 aliphatic rings. The maximum atomic E-state index is 13.1. The highest BCUT2D eigenvalue weighted by atomic mass is 32.2. The van der Waals surface area contributed by atoms with E-state index >= 15 is 0 Å². The van der Waals surface area contributed by atoms with Crippen LogP contribution in [0.1, 0.15) is 40.9 Å². The highest BCUT2D eigenvalue weighted by Gasteiger charge is 2.41. The van der Waals surface area contributed by atoms with Crippen molar-refractivity contribution in [2.24, 2.45) is 0 Å². The first-order valence-corrected chi connectivity index (χ1v) is 12.3. The average molecular weight is 424 g/mol. The summed E-state index contributed by atoms with van der Waals surface area (Å²) in [4.78, 5) is 23.0. The number of piperidine rings is 1. The van der Waals surface area contributed by atoms with Crippen molar-refractivity contribution in [1.82, 2.24) is 15.2 Å². The monoisotopic (exact) mass is 423 g/mol. The molecule has 2 aromatic heterocycles. The molecule has 2 unspecified atom stereocenters. The summed E-state index contributed by atoms with van der Waals surface area (Å²) >= 11 is 3.15. The molecule has 2 bridgehead atoms. The number of thioether (sulfide) groups is 1. The lowest BCUT2D eigenvalue weighted by atomic mass is 9.96. The third-order valence-corrected chi connectivity index (χ3v) is 8.33. The molecule has 1 aromatic carbocycles. The van der Waals surface area contributed by atoms with Crippen LogP contribution in [0.15, 0.2) is 53.6 Å². The molecule has 4 heterocycles. The van der Waals surface area contributed by atoms with Gasteiger partial charge in [-0.2, -0.15) is 0 Å². The van der Waals surface area contributed by atoms with Crippen LogP contribution in [-0.4, -0.2) is 40.2 Å². The molecule has 2 saturated heterocycles. The van der Waals surface area contributed by atoms with Crippen LogP contribution in [0.25, 0.3) is 10.2 Å². The standard InChI is InChI=1S/C23H25N3OS2/c1-28-20-19-8-5-11-24-23(19)29-21(20)22(27)25-16-12-17-9-10-18(13-16)26(17)14-15-6-3-2-4-7-15/h2-8,11,16-18H,9-10,12-14H2,1H3,(H,25,27). The summed E-state index contributed by atoms with van der Waals surface area (Å²) in [6, 6.07) is 16.2. The van der Waals surface area contributed by atoms with Crippen molar-refractivity contribution in [3.8, 4) is 0 Å². The van der Waals surface area contributed by atoms with Crippen LogP contribution >= 0.6 is 23.1 Å². The molecule has 1 N–H and O–H groups in total. The van der Waals surface area contributed by atoms with E-state index in [-0.39, 0.29) is 11.9 Å². The second-order valence-electron chi connectivity index (χ2n) is 8.01. The van der Waals surface area contributed by atoms with Crippen LogP contribution in [0.4, 0.5) is 0 Å². The zero-order chi connectivity index (χ0) is 19.8. The van der Waals surface area contributed by atoms with Crippen molar-refractivity contribution in [2.45, 2.75) is 55.2 Å². The van der Waals surface area contributed by atoms with Crippen molar-refractivity contribution < 1.29 is 4.79 Å². The third kappa shape index (κ3) is 3.69. The SMILES string of the molecule is CSc1c(C(=O)NC2CC3CCC(C2)N3Cc2ccccc2)sc2ncccc12. The minimum absolute atomic E-state index is 0.0678. The smallest absolute Gasteiger partial charge is 0.262 e. The Labute approximate surface area is 179 Å². The largest absolute Gasteiger partial charge is 0.348 e. The number of carbonyl (C=O) groups is 1. The molecule has 6 heteroatoms. The van der Waals surface area contributed by atoms with Gasteiger partial charge in [-0.3, -0.25) is 9.69 Å². The third-order valence-electron chi connectivity index (χ3n) is 6.26. The fourth-order valence-corrected chi connectivity index (χ4v) is 7.00. The van der Waals surface area contributed by atoms with Gasteiger partial charge in [0.2, 0.25) is 0 Å². The van der Waals surface area contributed by atoms with Crippen molar-refractivity contribution in [3.05, 3.63) is 59.1 Å². The lowest BCUT2D eigenvalue weighted by Crippen LogP contribution is -2.49. The topological polar surface area (TPSA) is 45.2 Å². The number of fused-ring (bicyclic) bond motifs is 3. The fraction of sp³-hybridized carbons (Fsp3) is 0.391. The molecule has 1 amide bonds. The Morgan fingerprint density at radius 1 is 1.17 bits per heavy atom. The van der Waals surface area contributed by atoms with Crippen LogP contribution in [0.2, 0.25) is 0 Å². The molecule has 4 nitrogen and oxygen atoms in total. The van der Waals surface area contributed by atoms with E-state index in [9.17, 15) is 4.79 Å². The minimum Gasteiger partial charge on any atom is -0.348 e. The number of amides is 1. The summed E-state index contributed by atoms with van der Waals surface area (Å²) in [5, 5.41) is 4.45. The summed E-state index contributed by atoms with van der Waals surface area (Å²) in [7, 11) is 0. The number of hydrogen-bond acceptors (Lipinski definition) is 5. The van der Waals surface area contributed by atoms with Crippen molar-refractivity contribution in [3.63, 3.8) is 0 Å². The summed E-state index contributed by atoms with van der Waals surface area (Å²) in [5.74, 6) is 0.0678. The Morgan fingerprint density at radius 2 is 1.93 bits per heavy atom. The minimum atomic E-state index is 0.0678. The van der Waals surface area contributed by atoms with Crippen LogP contribution in [0, 0.1) is 0 Å². The molecule has 0 saturated carbocycles. The molecule has 5 rings (SSSR count). The van der Waals surface area contributed by atoms with Gasteiger partial charge < -0.3 is 5.32 Å². The average Bonchev–Trinajstić information content (AvgIpc) is 3.22. The van der Waals surface area contributed by atoms with Gasteiger partial charge in [0, 0.05) is 41.1 Å². The number of aromatic nitrogens is 1. The van der Waals surface area contributed by atoms with Gasteiger partial charge in [0.25, 0.3) is 5.91 Å². The van der Waals surface area contributed by atoms with E-state index in [2.05, 4.69) is 51.6 Å². The molecule has 2 fully saturated rings. The first-order chi connectivity index (χ1) is 14.2. The van der Waals surface area contributed by atoms with E-state index in [1.807, 2.05) is 12.3 Å². The van der Waals surface area contributed by atoms with Gasteiger partial charge in [0.05, 0.1) is 0 Å². The maximum absolute atomic E-state index is 13.1. The molecule has 2 atom stereocenters. The first kappa shape index (κ1) is 19.1. The highest BCUT2D eigenvalue weighted by molar-refractivity contribution is 7.99.